The zero-order chi connectivity index (χ0) is 17.5. The summed E-state index contributed by atoms with van der Waals surface area (Å²) in [5.41, 5.74) is 7.19. The molecule has 5 nitrogen and oxygen atoms in total. The fourth-order valence-corrected chi connectivity index (χ4v) is 4.53. The number of carbonyl (C=O) groups is 2. The van der Waals surface area contributed by atoms with Crippen molar-refractivity contribution in [1.29, 1.82) is 0 Å². The van der Waals surface area contributed by atoms with Crippen molar-refractivity contribution in [2.45, 2.75) is 64.7 Å². The standard InChI is InChI=1S/C17H25N3O2S2/c1-2-3-5-10-13(21)19-17(23)20-16-14(15(18)22)11-8-6-4-7-9-12(11)24-16/h2-10H2,1H3,(H2,18,22)(H2,19,20,21,23). The van der Waals surface area contributed by atoms with Gasteiger partial charge in [-0.25, -0.2) is 0 Å². The molecule has 7 heteroatoms. The van der Waals surface area contributed by atoms with E-state index in [2.05, 4.69) is 17.6 Å². The number of unbranched alkanes of at least 4 members (excludes halogenated alkanes) is 2. The maximum Gasteiger partial charge on any atom is 0.251 e. The molecule has 0 bridgehead atoms. The van der Waals surface area contributed by atoms with Crippen LogP contribution in [0.1, 0.15) is 72.7 Å². The second-order valence-electron chi connectivity index (χ2n) is 6.09. The molecule has 1 aliphatic carbocycles. The van der Waals surface area contributed by atoms with E-state index in [0.717, 1.165) is 50.5 Å². The zero-order valence-corrected chi connectivity index (χ0v) is 15.7. The summed E-state index contributed by atoms with van der Waals surface area (Å²) in [6, 6.07) is 0. The Balaban J connectivity index is 2.05. The average molecular weight is 368 g/mol. The number of amides is 2. The van der Waals surface area contributed by atoms with Crippen molar-refractivity contribution < 1.29 is 9.59 Å². The monoisotopic (exact) mass is 367 g/mol. The molecule has 0 unspecified atom stereocenters. The molecule has 1 aromatic rings. The summed E-state index contributed by atoms with van der Waals surface area (Å²) in [5, 5.41) is 6.58. The van der Waals surface area contributed by atoms with Crippen molar-refractivity contribution in [2.75, 3.05) is 5.32 Å². The number of aryl methyl sites for hydroxylation is 1. The van der Waals surface area contributed by atoms with Gasteiger partial charge in [0.1, 0.15) is 5.00 Å². The average Bonchev–Trinajstić information content (AvgIpc) is 2.69. The normalized spacial score (nSPS) is 13.7. The second kappa shape index (κ2) is 9.13. The molecule has 4 N–H and O–H groups in total. The smallest absolute Gasteiger partial charge is 0.251 e. The highest BCUT2D eigenvalue weighted by Crippen LogP contribution is 2.37. The van der Waals surface area contributed by atoms with E-state index < -0.39 is 5.91 Å². The molecule has 1 aliphatic rings. The van der Waals surface area contributed by atoms with Crippen molar-refractivity contribution >= 4 is 45.5 Å². The number of anilines is 1. The fourth-order valence-electron chi connectivity index (χ4n) is 2.95. The molecule has 0 radical (unpaired) electrons. The molecule has 0 spiro atoms. The van der Waals surface area contributed by atoms with Crippen LogP contribution in [-0.2, 0) is 17.6 Å². The van der Waals surface area contributed by atoms with Crippen LogP contribution in [0.3, 0.4) is 0 Å². The molecule has 0 saturated carbocycles. The van der Waals surface area contributed by atoms with Crippen molar-refractivity contribution in [3.8, 4) is 0 Å². The minimum absolute atomic E-state index is 0.0975. The molecule has 0 aliphatic heterocycles. The van der Waals surface area contributed by atoms with Crippen LogP contribution in [0.15, 0.2) is 0 Å². The lowest BCUT2D eigenvalue weighted by atomic mass is 10.1. The van der Waals surface area contributed by atoms with E-state index in [4.69, 9.17) is 18.0 Å². The highest BCUT2D eigenvalue weighted by Gasteiger charge is 2.23. The Kier molecular flexibility index (Phi) is 7.17. The number of primary amides is 1. The topological polar surface area (TPSA) is 84.2 Å². The van der Waals surface area contributed by atoms with Crippen molar-refractivity contribution in [3.05, 3.63) is 16.0 Å². The number of carbonyl (C=O) groups excluding carboxylic acids is 2. The molecular weight excluding hydrogens is 342 g/mol. The molecule has 1 aromatic heterocycles. The quantitative estimate of drug-likeness (QED) is 0.408. The summed E-state index contributed by atoms with van der Waals surface area (Å²) >= 11 is 6.75. The summed E-state index contributed by atoms with van der Waals surface area (Å²) < 4.78 is 0. The van der Waals surface area contributed by atoms with Gasteiger partial charge >= 0.3 is 0 Å². The van der Waals surface area contributed by atoms with Crippen LogP contribution in [0, 0.1) is 0 Å². The third-order valence-corrected chi connectivity index (χ3v) is 5.57. The van der Waals surface area contributed by atoms with Crippen LogP contribution < -0.4 is 16.4 Å². The highest BCUT2D eigenvalue weighted by atomic mass is 32.1. The first-order valence-electron chi connectivity index (χ1n) is 8.58. The Morgan fingerprint density at radius 2 is 1.96 bits per heavy atom. The number of nitrogens with one attached hydrogen (secondary N) is 2. The first-order valence-corrected chi connectivity index (χ1v) is 9.80. The summed E-state index contributed by atoms with van der Waals surface area (Å²) in [5.74, 6) is -0.534. The Labute approximate surface area is 152 Å². The summed E-state index contributed by atoms with van der Waals surface area (Å²) in [6.45, 7) is 2.09. The summed E-state index contributed by atoms with van der Waals surface area (Å²) in [7, 11) is 0. The van der Waals surface area contributed by atoms with Crippen molar-refractivity contribution in [2.24, 2.45) is 5.73 Å². The number of nitrogens with two attached hydrogens (primary N) is 1. The lowest BCUT2D eigenvalue weighted by molar-refractivity contribution is -0.119. The van der Waals surface area contributed by atoms with Gasteiger partial charge in [-0.15, -0.1) is 11.3 Å². The van der Waals surface area contributed by atoms with E-state index in [1.165, 1.54) is 22.6 Å². The summed E-state index contributed by atoms with van der Waals surface area (Å²) in [4.78, 5) is 25.0. The number of hydrogen-bond acceptors (Lipinski definition) is 4. The molecule has 1 heterocycles. The van der Waals surface area contributed by atoms with Gasteiger partial charge in [0, 0.05) is 11.3 Å². The fraction of sp³-hybridized carbons (Fsp3) is 0.588. The molecule has 2 rings (SSSR count). The molecule has 24 heavy (non-hydrogen) atoms. The van der Waals surface area contributed by atoms with Crippen LogP contribution in [0.2, 0.25) is 0 Å². The van der Waals surface area contributed by atoms with Crippen LogP contribution in [0.5, 0.6) is 0 Å². The van der Waals surface area contributed by atoms with E-state index in [9.17, 15) is 9.59 Å². The highest BCUT2D eigenvalue weighted by molar-refractivity contribution is 7.80. The number of rotatable bonds is 6. The minimum atomic E-state index is -0.436. The van der Waals surface area contributed by atoms with E-state index in [-0.39, 0.29) is 11.0 Å². The van der Waals surface area contributed by atoms with Crippen LogP contribution in [-0.4, -0.2) is 16.9 Å². The predicted octanol–water partition coefficient (Wildman–Crippen LogP) is 3.51. The Morgan fingerprint density at radius 3 is 2.67 bits per heavy atom. The van der Waals surface area contributed by atoms with Crippen LogP contribution in [0.4, 0.5) is 5.00 Å². The third-order valence-electron chi connectivity index (χ3n) is 4.16. The molecule has 0 aromatic carbocycles. The first kappa shape index (κ1) is 18.9. The Morgan fingerprint density at radius 1 is 1.21 bits per heavy atom. The van der Waals surface area contributed by atoms with Gasteiger partial charge < -0.3 is 16.4 Å². The summed E-state index contributed by atoms with van der Waals surface area (Å²) in [6.07, 6.45) is 8.63. The predicted molar refractivity (Wildman–Crippen MR) is 103 cm³/mol. The number of thiophene rings is 1. The zero-order valence-electron chi connectivity index (χ0n) is 14.1. The number of hydrogen-bond donors (Lipinski definition) is 3. The second-order valence-corrected chi connectivity index (χ2v) is 7.61. The Hall–Kier alpha value is -1.47. The van der Waals surface area contributed by atoms with Crippen molar-refractivity contribution in [3.63, 3.8) is 0 Å². The maximum atomic E-state index is 11.9. The van der Waals surface area contributed by atoms with Crippen molar-refractivity contribution in [1.82, 2.24) is 5.32 Å². The van der Waals surface area contributed by atoms with Gasteiger partial charge in [0.15, 0.2) is 5.11 Å². The van der Waals surface area contributed by atoms with E-state index in [1.807, 2.05) is 0 Å². The molecule has 132 valence electrons. The lowest BCUT2D eigenvalue weighted by Crippen LogP contribution is -2.34. The van der Waals surface area contributed by atoms with Gasteiger partial charge in [-0.1, -0.05) is 26.2 Å². The van der Waals surface area contributed by atoms with Gasteiger partial charge in [-0.3, -0.25) is 9.59 Å². The van der Waals surface area contributed by atoms with Gasteiger partial charge in [0.2, 0.25) is 5.91 Å². The van der Waals surface area contributed by atoms with Crippen LogP contribution in [0.25, 0.3) is 0 Å². The van der Waals surface area contributed by atoms with Gasteiger partial charge in [0.25, 0.3) is 5.91 Å². The SMILES string of the molecule is CCCCCC(=O)NC(=S)Nc1sc2c(c1C(N)=O)CCCCC2. The molecule has 0 fully saturated rings. The first-order chi connectivity index (χ1) is 11.5. The van der Waals surface area contributed by atoms with E-state index in [1.54, 1.807) is 0 Å². The molecule has 2 amide bonds. The molecular formula is C17H25N3O2S2. The van der Waals surface area contributed by atoms with Gasteiger partial charge in [-0.05, 0) is 49.9 Å². The lowest BCUT2D eigenvalue weighted by Gasteiger charge is -2.09. The van der Waals surface area contributed by atoms with Gasteiger partial charge in [0.05, 0.1) is 5.56 Å². The molecule has 0 saturated heterocycles. The van der Waals surface area contributed by atoms with E-state index in [0.29, 0.717) is 17.0 Å². The molecule has 0 atom stereocenters. The third kappa shape index (κ3) is 5.01. The number of fused-ring (bicyclic) bond motifs is 1. The Bertz CT molecular complexity index is 626. The maximum absolute atomic E-state index is 11.9. The van der Waals surface area contributed by atoms with E-state index >= 15 is 0 Å². The van der Waals surface area contributed by atoms with Crippen LogP contribution >= 0.6 is 23.6 Å². The minimum Gasteiger partial charge on any atom is -0.365 e. The largest absolute Gasteiger partial charge is 0.365 e. The number of thiocarbonyl (C=S) groups is 1. The van der Waals surface area contributed by atoms with Gasteiger partial charge in [-0.2, -0.15) is 0 Å².